The highest BCUT2D eigenvalue weighted by molar-refractivity contribution is 8.00. The summed E-state index contributed by atoms with van der Waals surface area (Å²) in [6, 6.07) is 17.4. The molecule has 1 heterocycles. The number of fused-ring (bicyclic) bond motifs is 1. The first kappa shape index (κ1) is 19.7. The maximum atomic E-state index is 13.1. The van der Waals surface area contributed by atoms with Crippen molar-refractivity contribution in [2.75, 3.05) is 0 Å². The summed E-state index contributed by atoms with van der Waals surface area (Å²) in [6.45, 7) is 2.70. The lowest BCUT2D eigenvalue weighted by Crippen LogP contribution is -2.31. The number of unbranched alkanes of at least 4 members (excludes halogenated alkanes) is 1. The Morgan fingerprint density at radius 1 is 1.17 bits per heavy atom. The van der Waals surface area contributed by atoms with Crippen LogP contribution in [0.3, 0.4) is 0 Å². The Morgan fingerprint density at radius 2 is 1.90 bits per heavy atom. The Hall–Kier alpha value is -2.60. The number of nitrogens with one attached hydrogen (secondary N) is 1. The molecule has 150 valence electrons. The molecule has 3 aromatic rings. The number of rotatable bonds is 8. The van der Waals surface area contributed by atoms with Crippen molar-refractivity contribution in [3.05, 3.63) is 70.5 Å². The predicted molar refractivity (Wildman–Crippen MR) is 117 cm³/mol. The van der Waals surface area contributed by atoms with Crippen LogP contribution in [-0.2, 0) is 11.3 Å². The third kappa shape index (κ3) is 4.53. The van der Waals surface area contributed by atoms with E-state index in [1.807, 2.05) is 54.6 Å². The van der Waals surface area contributed by atoms with Crippen LogP contribution in [0, 0.1) is 0 Å². The quantitative estimate of drug-likeness (QED) is 0.446. The maximum absolute atomic E-state index is 13.1. The molecule has 1 fully saturated rings. The first-order valence-electron chi connectivity index (χ1n) is 10.2. The molecule has 0 bridgehead atoms. The fourth-order valence-electron chi connectivity index (χ4n) is 3.26. The van der Waals surface area contributed by atoms with Crippen LogP contribution in [0.5, 0.6) is 0 Å². The Labute approximate surface area is 174 Å². The standard InChI is InChI=1S/C23H25N3O2S/c1-2-3-15-26-22(28)18-11-7-8-12-19(18)25-23(26)29-20(16-9-5-4-6-10-16)21(27)24-17-13-14-17/h4-12,17,20H,2-3,13-15H2,1H3,(H,24,27)/t20-/m1/s1. The predicted octanol–water partition coefficient (Wildman–Crippen LogP) is 4.31. The average molecular weight is 408 g/mol. The minimum atomic E-state index is -0.447. The number of thioether (sulfide) groups is 1. The number of aromatic nitrogens is 2. The highest BCUT2D eigenvalue weighted by Crippen LogP contribution is 2.35. The van der Waals surface area contributed by atoms with Gasteiger partial charge >= 0.3 is 0 Å². The molecule has 1 atom stereocenters. The Morgan fingerprint density at radius 3 is 2.62 bits per heavy atom. The van der Waals surface area contributed by atoms with E-state index in [9.17, 15) is 9.59 Å². The summed E-state index contributed by atoms with van der Waals surface area (Å²) in [4.78, 5) is 30.9. The second kappa shape index (κ2) is 8.82. The minimum absolute atomic E-state index is 0.0202. The summed E-state index contributed by atoms with van der Waals surface area (Å²) in [7, 11) is 0. The van der Waals surface area contributed by atoms with Crippen molar-refractivity contribution in [3.63, 3.8) is 0 Å². The highest BCUT2D eigenvalue weighted by Gasteiger charge is 2.30. The van der Waals surface area contributed by atoms with Gasteiger partial charge in [0.15, 0.2) is 5.16 Å². The number of amides is 1. The molecule has 5 nitrogen and oxygen atoms in total. The summed E-state index contributed by atoms with van der Waals surface area (Å²) in [5.74, 6) is -0.0202. The lowest BCUT2D eigenvalue weighted by atomic mass is 10.1. The van der Waals surface area contributed by atoms with Gasteiger partial charge in [0.2, 0.25) is 5.91 Å². The molecule has 6 heteroatoms. The van der Waals surface area contributed by atoms with E-state index in [4.69, 9.17) is 4.98 Å². The molecule has 0 saturated heterocycles. The fraction of sp³-hybridized carbons (Fsp3) is 0.348. The normalized spacial score (nSPS) is 14.7. The first-order valence-corrected chi connectivity index (χ1v) is 11.1. The van der Waals surface area contributed by atoms with Crippen molar-refractivity contribution < 1.29 is 4.79 Å². The lowest BCUT2D eigenvalue weighted by Gasteiger charge is -2.19. The molecular formula is C23H25N3O2S. The molecule has 4 rings (SSSR count). The third-order valence-corrected chi connectivity index (χ3v) is 6.29. The van der Waals surface area contributed by atoms with Crippen molar-refractivity contribution in [1.82, 2.24) is 14.9 Å². The Kier molecular flexibility index (Phi) is 6.00. The lowest BCUT2D eigenvalue weighted by molar-refractivity contribution is -0.120. The molecule has 29 heavy (non-hydrogen) atoms. The zero-order chi connectivity index (χ0) is 20.2. The maximum Gasteiger partial charge on any atom is 0.262 e. The van der Waals surface area contributed by atoms with Gasteiger partial charge in [-0.3, -0.25) is 14.2 Å². The second-order valence-corrected chi connectivity index (χ2v) is 8.49. The summed E-state index contributed by atoms with van der Waals surface area (Å²) in [5, 5.41) is 3.88. The van der Waals surface area contributed by atoms with Crippen LogP contribution < -0.4 is 10.9 Å². The number of hydrogen-bond donors (Lipinski definition) is 1. The average Bonchev–Trinajstić information content (AvgIpc) is 3.56. The number of hydrogen-bond acceptors (Lipinski definition) is 4. The van der Waals surface area contributed by atoms with Crippen LogP contribution in [0.1, 0.15) is 43.4 Å². The third-order valence-electron chi connectivity index (χ3n) is 5.05. The van der Waals surface area contributed by atoms with Gasteiger partial charge in [0.1, 0.15) is 5.25 Å². The molecule has 1 saturated carbocycles. The molecule has 1 amide bonds. The van der Waals surface area contributed by atoms with Gasteiger partial charge in [0.05, 0.1) is 10.9 Å². The molecule has 1 N–H and O–H groups in total. The fourth-order valence-corrected chi connectivity index (χ4v) is 4.39. The molecule has 0 spiro atoms. The molecule has 2 aromatic carbocycles. The number of para-hydroxylation sites is 1. The van der Waals surface area contributed by atoms with Crippen molar-refractivity contribution in [3.8, 4) is 0 Å². The number of carbonyl (C=O) groups is 1. The van der Waals surface area contributed by atoms with Crippen molar-refractivity contribution >= 4 is 28.6 Å². The summed E-state index contributed by atoms with van der Waals surface area (Å²) >= 11 is 1.37. The van der Waals surface area contributed by atoms with E-state index < -0.39 is 5.25 Å². The van der Waals surface area contributed by atoms with E-state index in [1.54, 1.807) is 4.57 Å². The van der Waals surface area contributed by atoms with Gasteiger partial charge in [0.25, 0.3) is 5.56 Å². The first-order chi connectivity index (χ1) is 14.2. The molecule has 0 aliphatic heterocycles. The zero-order valence-corrected chi connectivity index (χ0v) is 17.3. The number of carbonyl (C=O) groups excluding carboxylic acids is 1. The van der Waals surface area contributed by atoms with Gasteiger partial charge in [-0.05, 0) is 37.0 Å². The van der Waals surface area contributed by atoms with Crippen LogP contribution in [0.15, 0.2) is 64.5 Å². The second-order valence-electron chi connectivity index (χ2n) is 7.41. The monoisotopic (exact) mass is 407 g/mol. The van der Waals surface area contributed by atoms with Gasteiger partial charge in [0, 0.05) is 12.6 Å². The number of benzene rings is 2. The molecule has 0 radical (unpaired) electrons. The highest BCUT2D eigenvalue weighted by atomic mass is 32.2. The molecule has 1 aliphatic rings. The molecule has 1 aliphatic carbocycles. The minimum Gasteiger partial charge on any atom is -0.352 e. The van der Waals surface area contributed by atoms with Gasteiger partial charge < -0.3 is 5.32 Å². The van der Waals surface area contributed by atoms with E-state index in [0.29, 0.717) is 22.6 Å². The van der Waals surface area contributed by atoms with Gasteiger partial charge in [-0.2, -0.15) is 0 Å². The van der Waals surface area contributed by atoms with Crippen LogP contribution in [0.25, 0.3) is 10.9 Å². The summed E-state index contributed by atoms with van der Waals surface area (Å²) in [5.41, 5.74) is 1.54. The summed E-state index contributed by atoms with van der Waals surface area (Å²) in [6.07, 6.45) is 3.94. The van der Waals surface area contributed by atoms with Crippen molar-refractivity contribution in [2.24, 2.45) is 0 Å². The molecule has 0 unspecified atom stereocenters. The summed E-state index contributed by atoms with van der Waals surface area (Å²) < 4.78 is 1.73. The molecular weight excluding hydrogens is 382 g/mol. The van der Waals surface area contributed by atoms with Crippen LogP contribution in [-0.4, -0.2) is 21.5 Å². The SMILES string of the molecule is CCCCn1c(S[C@@H](C(=O)NC2CC2)c2ccccc2)nc2ccccc2c1=O. The van der Waals surface area contributed by atoms with E-state index in [-0.39, 0.29) is 17.5 Å². The van der Waals surface area contributed by atoms with Gasteiger partial charge in [-0.15, -0.1) is 0 Å². The Balaban J connectivity index is 1.75. The smallest absolute Gasteiger partial charge is 0.262 e. The van der Waals surface area contributed by atoms with E-state index in [0.717, 1.165) is 31.2 Å². The van der Waals surface area contributed by atoms with E-state index >= 15 is 0 Å². The van der Waals surface area contributed by atoms with Crippen LogP contribution in [0.2, 0.25) is 0 Å². The topological polar surface area (TPSA) is 64.0 Å². The molecule has 1 aromatic heterocycles. The van der Waals surface area contributed by atoms with Crippen molar-refractivity contribution in [1.29, 1.82) is 0 Å². The number of nitrogens with zero attached hydrogens (tertiary/aromatic N) is 2. The van der Waals surface area contributed by atoms with Gasteiger partial charge in [-0.25, -0.2) is 4.98 Å². The largest absolute Gasteiger partial charge is 0.352 e. The van der Waals surface area contributed by atoms with Crippen LogP contribution in [0.4, 0.5) is 0 Å². The van der Waals surface area contributed by atoms with E-state index in [2.05, 4.69) is 12.2 Å². The van der Waals surface area contributed by atoms with Crippen molar-refractivity contribution in [2.45, 2.75) is 55.6 Å². The Bertz CT molecular complexity index is 1060. The van der Waals surface area contributed by atoms with E-state index in [1.165, 1.54) is 11.8 Å². The zero-order valence-electron chi connectivity index (χ0n) is 16.5. The van der Waals surface area contributed by atoms with Crippen LogP contribution >= 0.6 is 11.8 Å². The van der Waals surface area contributed by atoms with Gasteiger partial charge in [-0.1, -0.05) is 67.6 Å².